The third-order valence-corrected chi connectivity index (χ3v) is 4.38. The number of aromatic carboxylic acids is 1. The molecule has 0 amide bonds. The lowest BCUT2D eigenvalue weighted by molar-refractivity contribution is 0.0697. The highest BCUT2D eigenvalue weighted by Crippen LogP contribution is 2.30. The van der Waals surface area contributed by atoms with Crippen molar-refractivity contribution in [1.82, 2.24) is 9.97 Å². The van der Waals surface area contributed by atoms with Crippen LogP contribution in [0.1, 0.15) is 24.2 Å². The average Bonchev–Trinajstić information content (AvgIpc) is 3.10. The fourth-order valence-electron chi connectivity index (χ4n) is 2.27. The molecule has 3 rings (SSSR count). The number of rotatable bonds is 6. The van der Waals surface area contributed by atoms with E-state index in [1.807, 2.05) is 23.6 Å². The van der Waals surface area contributed by atoms with Crippen LogP contribution in [-0.4, -0.2) is 27.7 Å². The van der Waals surface area contributed by atoms with Gasteiger partial charge >= 0.3 is 5.97 Å². The molecular weight excluding hydrogens is 336 g/mol. The summed E-state index contributed by atoms with van der Waals surface area (Å²) in [6.07, 6.45) is 1.72. The summed E-state index contributed by atoms with van der Waals surface area (Å²) in [4.78, 5) is 20.2. The maximum atomic E-state index is 11.4. The van der Waals surface area contributed by atoms with E-state index in [2.05, 4.69) is 23.8 Å². The van der Waals surface area contributed by atoms with Gasteiger partial charge in [0.05, 0.1) is 17.9 Å². The Labute approximate surface area is 150 Å². The minimum atomic E-state index is -0.960. The quantitative estimate of drug-likeness (QED) is 0.700. The van der Waals surface area contributed by atoms with Crippen molar-refractivity contribution in [2.45, 2.75) is 13.8 Å². The van der Waals surface area contributed by atoms with Crippen LogP contribution in [0.25, 0.3) is 21.8 Å². The average molecular weight is 354 g/mol. The molecule has 1 aromatic carbocycles. The van der Waals surface area contributed by atoms with Crippen LogP contribution in [0.3, 0.4) is 0 Å². The van der Waals surface area contributed by atoms with Gasteiger partial charge in [-0.1, -0.05) is 32.0 Å². The van der Waals surface area contributed by atoms with Crippen molar-refractivity contribution in [2.24, 2.45) is 5.92 Å². The van der Waals surface area contributed by atoms with Gasteiger partial charge in [0.25, 0.3) is 0 Å². The van der Waals surface area contributed by atoms with E-state index in [4.69, 9.17) is 4.74 Å². The van der Waals surface area contributed by atoms with Crippen LogP contribution in [0.2, 0.25) is 0 Å². The highest BCUT2D eigenvalue weighted by molar-refractivity contribution is 7.13. The molecule has 0 aliphatic carbocycles. The first-order valence-electron chi connectivity index (χ1n) is 7.92. The van der Waals surface area contributed by atoms with E-state index in [0.29, 0.717) is 29.7 Å². The Morgan fingerprint density at radius 2 is 2.04 bits per heavy atom. The Bertz CT molecular complexity index is 872. The monoisotopic (exact) mass is 354 g/mol. The van der Waals surface area contributed by atoms with Gasteiger partial charge in [0, 0.05) is 28.8 Å². The summed E-state index contributed by atoms with van der Waals surface area (Å²) in [6.45, 7) is 4.79. The standard InChI is InChI=1S/C19H18N2O3S/c1-12(2)10-24-17-8-7-13(9-20-17)18-21-16(11-25-18)14-5-3-4-6-15(14)19(22)23/h3-9,11-12H,10H2,1-2H3,(H,22,23). The highest BCUT2D eigenvalue weighted by Gasteiger charge is 2.14. The van der Waals surface area contributed by atoms with E-state index in [0.717, 1.165) is 10.6 Å². The molecule has 0 saturated heterocycles. The van der Waals surface area contributed by atoms with Crippen molar-refractivity contribution in [1.29, 1.82) is 0 Å². The number of thiazole rings is 1. The van der Waals surface area contributed by atoms with E-state index in [1.54, 1.807) is 24.4 Å². The van der Waals surface area contributed by atoms with Gasteiger partial charge < -0.3 is 9.84 Å². The zero-order valence-electron chi connectivity index (χ0n) is 14.0. The summed E-state index contributed by atoms with van der Waals surface area (Å²) >= 11 is 1.46. The van der Waals surface area contributed by atoms with Gasteiger partial charge in [0.15, 0.2) is 0 Å². The van der Waals surface area contributed by atoms with Crippen LogP contribution < -0.4 is 4.74 Å². The fraction of sp³-hybridized carbons (Fsp3) is 0.211. The van der Waals surface area contributed by atoms with Gasteiger partial charge in [-0.25, -0.2) is 14.8 Å². The lowest BCUT2D eigenvalue weighted by Gasteiger charge is -2.07. The van der Waals surface area contributed by atoms with Crippen LogP contribution in [0.4, 0.5) is 0 Å². The molecule has 0 spiro atoms. The number of carbonyl (C=O) groups is 1. The molecule has 128 valence electrons. The van der Waals surface area contributed by atoms with Crippen molar-refractivity contribution in [3.63, 3.8) is 0 Å². The maximum Gasteiger partial charge on any atom is 0.336 e. The smallest absolute Gasteiger partial charge is 0.336 e. The molecule has 0 aliphatic heterocycles. The van der Waals surface area contributed by atoms with Gasteiger partial charge in [0.2, 0.25) is 5.88 Å². The van der Waals surface area contributed by atoms with Crippen molar-refractivity contribution >= 4 is 17.3 Å². The summed E-state index contributed by atoms with van der Waals surface area (Å²) in [7, 11) is 0. The summed E-state index contributed by atoms with van der Waals surface area (Å²) < 4.78 is 5.58. The Hall–Kier alpha value is -2.73. The Kier molecular flexibility index (Phi) is 5.09. The molecule has 0 saturated carbocycles. The minimum Gasteiger partial charge on any atom is -0.478 e. The number of hydrogen-bond donors (Lipinski definition) is 1. The SMILES string of the molecule is CC(C)COc1ccc(-c2nc(-c3ccccc3C(=O)O)cs2)cn1. The molecule has 0 unspecified atom stereocenters. The van der Waals surface area contributed by atoms with Gasteiger partial charge in [-0.2, -0.15) is 0 Å². The molecule has 1 N–H and O–H groups in total. The third-order valence-electron chi connectivity index (χ3n) is 3.49. The summed E-state index contributed by atoms with van der Waals surface area (Å²) in [5.74, 6) is 0.0706. The molecule has 0 fully saturated rings. The normalized spacial score (nSPS) is 10.8. The van der Waals surface area contributed by atoms with Gasteiger partial charge in [-0.3, -0.25) is 0 Å². The predicted octanol–water partition coefficient (Wildman–Crippen LogP) is 4.61. The number of carboxylic acids is 1. The largest absolute Gasteiger partial charge is 0.478 e. The first-order chi connectivity index (χ1) is 12.0. The highest BCUT2D eigenvalue weighted by atomic mass is 32.1. The lowest BCUT2D eigenvalue weighted by atomic mass is 10.1. The van der Waals surface area contributed by atoms with Crippen molar-refractivity contribution < 1.29 is 14.6 Å². The molecule has 2 heterocycles. The third kappa shape index (κ3) is 4.03. The number of nitrogens with zero attached hydrogens (tertiary/aromatic N) is 2. The van der Waals surface area contributed by atoms with Gasteiger partial charge in [-0.15, -0.1) is 11.3 Å². The number of hydrogen-bond acceptors (Lipinski definition) is 5. The number of aromatic nitrogens is 2. The maximum absolute atomic E-state index is 11.4. The lowest BCUT2D eigenvalue weighted by Crippen LogP contribution is -2.05. The number of ether oxygens (including phenoxy) is 1. The van der Waals surface area contributed by atoms with Crippen molar-refractivity contribution in [3.05, 3.63) is 53.5 Å². The van der Waals surface area contributed by atoms with Crippen molar-refractivity contribution in [2.75, 3.05) is 6.61 Å². The Balaban J connectivity index is 1.83. The summed E-state index contributed by atoms with van der Waals surface area (Å²) in [5.41, 5.74) is 2.39. The van der Waals surface area contributed by atoms with E-state index in [1.165, 1.54) is 11.3 Å². The van der Waals surface area contributed by atoms with Crippen LogP contribution in [0.5, 0.6) is 5.88 Å². The van der Waals surface area contributed by atoms with Crippen LogP contribution in [0, 0.1) is 5.92 Å². The number of benzene rings is 1. The zero-order valence-corrected chi connectivity index (χ0v) is 14.8. The second-order valence-corrected chi connectivity index (χ2v) is 6.84. The van der Waals surface area contributed by atoms with Crippen molar-refractivity contribution in [3.8, 4) is 27.7 Å². The molecular formula is C19H18N2O3S. The zero-order chi connectivity index (χ0) is 17.8. The summed E-state index contributed by atoms with van der Waals surface area (Å²) in [6, 6.07) is 10.6. The number of carboxylic acid groups (broad SMARTS) is 1. The van der Waals surface area contributed by atoms with Crippen LogP contribution in [0.15, 0.2) is 48.0 Å². The Morgan fingerprint density at radius 3 is 2.72 bits per heavy atom. The molecule has 2 aromatic heterocycles. The molecule has 25 heavy (non-hydrogen) atoms. The molecule has 6 heteroatoms. The van der Waals surface area contributed by atoms with Crippen LogP contribution in [-0.2, 0) is 0 Å². The first kappa shape index (κ1) is 17.1. The molecule has 3 aromatic rings. The van der Waals surface area contributed by atoms with Gasteiger partial charge in [-0.05, 0) is 18.1 Å². The molecule has 0 aliphatic rings. The molecule has 5 nitrogen and oxygen atoms in total. The summed E-state index contributed by atoms with van der Waals surface area (Å²) in [5, 5.41) is 12.0. The number of pyridine rings is 1. The van der Waals surface area contributed by atoms with E-state index < -0.39 is 5.97 Å². The second kappa shape index (κ2) is 7.44. The molecule has 0 bridgehead atoms. The van der Waals surface area contributed by atoms with E-state index in [-0.39, 0.29) is 5.56 Å². The second-order valence-electron chi connectivity index (χ2n) is 5.98. The van der Waals surface area contributed by atoms with Crippen LogP contribution >= 0.6 is 11.3 Å². The molecule has 0 radical (unpaired) electrons. The minimum absolute atomic E-state index is 0.245. The topological polar surface area (TPSA) is 72.3 Å². The first-order valence-corrected chi connectivity index (χ1v) is 8.80. The Morgan fingerprint density at radius 1 is 1.24 bits per heavy atom. The predicted molar refractivity (Wildman–Crippen MR) is 98.1 cm³/mol. The van der Waals surface area contributed by atoms with E-state index >= 15 is 0 Å². The molecule has 0 atom stereocenters. The fourth-order valence-corrected chi connectivity index (χ4v) is 3.08. The van der Waals surface area contributed by atoms with E-state index in [9.17, 15) is 9.90 Å². The van der Waals surface area contributed by atoms with Gasteiger partial charge in [0.1, 0.15) is 5.01 Å².